The second kappa shape index (κ2) is 7.18. The van der Waals surface area contributed by atoms with Crippen molar-refractivity contribution in [1.82, 2.24) is 5.32 Å². The zero-order valence-corrected chi connectivity index (χ0v) is 13.2. The van der Waals surface area contributed by atoms with Crippen LogP contribution in [0.5, 0.6) is 11.5 Å². The van der Waals surface area contributed by atoms with E-state index in [0.29, 0.717) is 11.5 Å². The lowest BCUT2D eigenvalue weighted by Crippen LogP contribution is -2.34. The molecule has 0 heterocycles. The summed E-state index contributed by atoms with van der Waals surface area (Å²) in [6.07, 6.45) is 3.15. The van der Waals surface area contributed by atoms with Crippen molar-refractivity contribution in [3.8, 4) is 11.5 Å². The third-order valence-electron chi connectivity index (χ3n) is 4.13. The fourth-order valence-electron chi connectivity index (χ4n) is 3.02. The second-order valence-electron chi connectivity index (χ2n) is 5.65. The number of aryl methyl sites for hydroxylation is 1. The van der Waals surface area contributed by atoms with Crippen LogP contribution in [0.4, 0.5) is 0 Å². The number of amides is 1. The number of hydrogen-bond donors (Lipinski definition) is 1. The summed E-state index contributed by atoms with van der Waals surface area (Å²) in [5, 5.41) is 3.08. The molecule has 1 amide bonds. The predicted octanol–water partition coefficient (Wildman–Crippen LogP) is 3.27. The molecule has 1 aliphatic carbocycles. The molecule has 0 aromatic heterocycles. The van der Waals surface area contributed by atoms with Crippen molar-refractivity contribution in [3.63, 3.8) is 0 Å². The Hall–Kier alpha value is -2.49. The Morgan fingerprint density at radius 1 is 1.13 bits per heavy atom. The molecule has 0 aliphatic heterocycles. The lowest BCUT2D eigenvalue weighted by molar-refractivity contribution is -0.124. The van der Waals surface area contributed by atoms with Crippen LogP contribution in [-0.4, -0.2) is 19.6 Å². The van der Waals surface area contributed by atoms with Crippen LogP contribution in [0, 0.1) is 0 Å². The molecule has 0 spiro atoms. The first kappa shape index (κ1) is 15.4. The highest BCUT2D eigenvalue weighted by Crippen LogP contribution is 2.29. The smallest absolute Gasteiger partial charge is 0.258 e. The largest absolute Gasteiger partial charge is 0.493 e. The van der Waals surface area contributed by atoms with Crippen molar-refractivity contribution in [1.29, 1.82) is 0 Å². The summed E-state index contributed by atoms with van der Waals surface area (Å²) in [6.45, 7) is -0.0148. The molecule has 0 saturated heterocycles. The maximum atomic E-state index is 12.2. The van der Waals surface area contributed by atoms with Crippen LogP contribution in [0.3, 0.4) is 0 Å². The first-order valence-electron chi connectivity index (χ1n) is 7.91. The fraction of sp³-hybridized carbons (Fsp3) is 0.316. The van der Waals surface area contributed by atoms with Gasteiger partial charge in [0.2, 0.25) is 0 Å². The molecule has 3 rings (SSSR count). The normalized spacial score (nSPS) is 16.3. The molecular formula is C19H21NO3. The van der Waals surface area contributed by atoms with Gasteiger partial charge in [0.05, 0.1) is 13.2 Å². The highest BCUT2D eigenvalue weighted by Gasteiger charge is 2.21. The molecule has 4 nitrogen and oxygen atoms in total. The molecule has 0 fully saturated rings. The number of para-hydroxylation sites is 2. The lowest BCUT2D eigenvalue weighted by Gasteiger charge is -2.26. The van der Waals surface area contributed by atoms with E-state index in [1.165, 1.54) is 11.1 Å². The number of hydrogen-bond acceptors (Lipinski definition) is 3. The average Bonchev–Trinajstić information content (AvgIpc) is 2.60. The molecule has 120 valence electrons. The first-order chi connectivity index (χ1) is 11.3. The molecule has 0 bridgehead atoms. The van der Waals surface area contributed by atoms with Crippen LogP contribution in [0.25, 0.3) is 0 Å². The molecule has 0 unspecified atom stereocenters. The van der Waals surface area contributed by atoms with E-state index in [2.05, 4.69) is 17.4 Å². The first-order valence-corrected chi connectivity index (χ1v) is 7.91. The van der Waals surface area contributed by atoms with Crippen molar-refractivity contribution in [2.45, 2.75) is 25.3 Å². The lowest BCUT2D eigenvalue weighted by atomic mass is 9.88. The predicted molar refractivity (Wildman–Crippen MR) is 88.8 cm³/mol. The van der Waals surface area contributed by atoms with E-state index in [-0.39, 0.29) is 18.6 Å². The second-order valence-corrected chi connectivity index (χ2v) is 5.65. The van der Waals surface area contributed by atoms with Crippen molar-refractivity contribution in [2.75, 3.05) is 13.7 Å². The third kappa shape index (κ3) is 3.65. The Balaban J connectivity index is 1.60. The maximum Gasteiger partial charge on any atom is 0.258 e. The van der Waals surface area contributed by atoms with Crippen LogP contribution in [-0.2, 0) is 11.2 Å². The summed E-state index contributed by atoms with van der Waals surface area (Å²) >= 11 is 0. The summed E-state index contributed by atoms with van der Waals surface area (Å²) in [5.41, 5.74) is 2.55. The summed E-state index contributed by atoms with van der Waals surface area (Å²) in [5.74, 6) is 1.09. The van der Waals surface area contributed by atoms with Crippen LogP contribution in [0.15, 0.2) is 48.5 Å². The minimum absolute atomic E-state index is 0.0148. The Morgan fingerprint density at radius 3 is 2.70 bits per heavy atom. The molecule has 2 aromatic carbocycles. The number of rotatable bonds is 5. The highest BCUT2D eigenvalue weighted by atomic mass is 16.5. The van der Waals surface area contributed by atoms with Gasteiger partial charge >= 0.3 is 0 Å². The zero-order chi connectivity index (χ0) is 16.1. The van der Waals surface area contributed by atoms with E-state index in [0.717, 1.165) is 19.3 Å². The number of carbonyl (C=O) groups excluding carboxylic acids is 1. The van der Waals surface area contributed by atoms with Gasteiger partial charge in [-0.1, -0.05) is 36.4 Å². The average molecular weight is 311 g/mol. The Kier molecular flexibility index (Phi) is 4.81. The number of ether oxygens (including phenoxy) is 2. The van der Waals surface area contributed by atoms with Crippen LogP contribution in [0.1, 0.15) is 30.0 Å². The van der Waals surface area contributed by atoms with E-state index in [1.807, 2.05) is 30.3 Å². The molecule has 1 atom stereocenters. The van der Waals surface area contributed by atoms with E-state index in [4.69, 9.17) is 9.47 Å². The minimum Gasteiger partial charge on any atom is -0.493 e. The van der Waals surface area contributed by atoms with Crippen LogP contribution < -0.4 is 14.8 Å². The molecule has 1 N–H and O–H groups in total. The summed E-state index contributed by atoms with van der Waals surface area (Å²) < 4.78 is 10.8. The number of fused-ring (bicyclic) bond motifs is 1. The minimum atomic E-state index is -0.113. The third-order valence-corrected chi connectivity index (χ3v) is 4.13. The quantitative estimate of drug-likeness (QED) is 0.922. The van der Waals surface area contributed by atoms with Gasteiger partial charge in [-0.15, -0.1) is 0 Å². The molecule has 0 radical (unpaired) electrons. The van der Waals surface area contributed by atoms with Gasteiger partial charge in [0.1, 0.15) is 0 Å². The van der Waals surface area contributed by atoms with Gasteiger partial charge < -0.3 is 14.8 Å². The molecule has 2 aromatic rings. The van der Waals surface area contributed by atoms with Crippen LogP contribution >= 0.6 is 0 Å². The molecule has 23 heavy (non-hydrogen) atoms. The van der Waals surface area contributed by atoms with E-state index >= 15 is 0 Å². The molecular weight excluding hydrogens is 290 g/mol. The molecule has 0 saturated carbocycles. The van der Waals surface area contributed by atoms with Gasteiger partial charge in [-0.2, -0.15) is 0 Å². The van der Waals surface area contributed by atoms with Gasteiger partial charge in [0.15, 0.2) is 18.1 Å². The van der Waals surface area contributed by atoms with Gasteiger partial charge in [0, 0.05) is 0 Å². The zero-order valence-electron chi connectivity index (χ0n) is 13.2. The topological polar surface area (TPSA) is 47.6 Å². The molecule has 1 aliphatic rings. The summed E-state index contributed by atoms with van der Waals surface area (Å²) in [6, 6.07) is 15.7. The van der Waals surface area contributed by atoms with Gasteiger partial charge in [0.25, 0.3) is 5.91 Å². The standard InChI is InChI=1S/C19H21NO3/c1-22-17-11-4-5-12-18(17)23-13-19(21)20-16-10-6-8-14-7-2-3-9-15(14)16/h2-5,7,9,11-12,16H,6,8,10,13H2,1H3,(H,20,21)/t16-/m1/s1. The highest BCUT2D eigenvalue weighted by molar-refractivity contribution is 5.78. The van der Waals surface area contributed by atoms with Gasteiger partial charge in [-0.25, -0.2) is 0 Å². The molecule has 4 heteroatoms. The number of nitrogens with one attached hydrogen (secondary N) is 1. The van der Waals surface area contributed by atoms with E-state index < -0.39 is 0 Å². The Bertz CT molecular complexity index is 684. The van der Waals surface area contributed by atoms with Crippen molar-refractivity contribution < 1.29 is 14.3 Å². The Morgan fingerprint density at radius 2 is 1.87 bits per heavy atom. The summed E-state index contributed by atoms with van der Waals surface area (Å²) in [4.78, 5) is 12.2. The number of benzene rings is 2. The van der Waals surface area contributed by atoms with E-state index in [1.54, 1.807) is 13.2 Å². The van der Waals surface area contributed by atoms with Gasteiger partial charge in [-0.3, -0.25) is 4.79 Å². The fourth-order valence-corrected chi connectivity index (χ4v) is 3.02. The SMILES string of the molecule is COc1ccccc1OCC(=O)N[C@@H]1CCCc2ccccc21. The van der Waals surface area contributed by atoms with Crippen LogP contribution in [0.2, 0.25) is 0 Å². The monoisotopic (exact) mass is 311 g/mol. The van der Waals surface area contributed by atoms with Crippen molar-refractivity contribution in [3.05, 3.63) is 59.7 Å². The summed E-state index contributed by atoms with van der Waals surface area (Å²) in [7, 11) is 1.58. The Labute approximate surface area is 136 Å². The van der Waals surface area contributed by atoms with Crippen molar-refractivity contribution >= 4 is 5.91 Å². The van der Waals surface area contributed by atoms with Gasteiger partial charge in [-0.05, 0) is 42.5 Å². The number of carbonyl (C=O) groups is 1. The van der Waals surface area contributed by atoms with E-state index in [9.17, 15) is 4.79 Å². The number of methoxy groups -OCH3 is 1. The van der Waals surface area contributed by atoms with Crippen molar-refractivity contribution in [2.24, 2.45) is 0 Å². The maximum absolute atomic E-state index is 12.2.